The monoisotopic (exact) mass is 318 g/mol. The zero-order chi connectivity index (χ0) is 14.8. The van der Waals surface area contributed by atoms with Crippen LogP contribution in [0.25, 0.3) is 0 Å². The average Bonchev–Trinajstić information content (AvgIpc) is 2.42. The third kappa shape index (κ3) is 3.31. The maximum atomic E-state index is 12.4. The number of nitrogens with zero attached hydrogens (tertiary/aromatic N) is 1. The Morgan fingerprint density at radius 3 is 2.70 bits per heavy atom. The SMILES string of the molecule is CC1CCC(CO)(NS(=O)(=O)c2cccnc2Cl)CC1. The van der Waals surface area contributed by atoms with E-state index in [4.69, 9.17) is 11.6 Å². The van der Waals surface area contributed by atoms with Gasteiger partial charge in [-0.1, -0.05) is 18.5 Å². The minimum Gasteiger partial charge on any atom is -0.394 e. The Hall–Kier alpha value is -0.690. The molecule has 2 N–H and O–H groups in total. The zero-order valence-corrected chi connectivity index (χ0v) is 12.9. The predicted molar refractivity (Wildman–Crippen MR) is 77.0 cm³/mol. The summed E-state index contributed by atoms with van der Waals surface area (Å²) in [6, 6.07) is 2.93. The smallest absolute Gasteiger partial charge is 0.244 e. The molecular weight excluding hydrogens is 300 g/mol. The lowest BCUT2D eigenvalue weighted by atomic mass is 9.78. The summed E-state index contributed by atoms with van der Waals surface area (Å²) in [5.74, 6) is 0.557. The number of rotatable bonds is 4. The highest BCUT2D eigenvalue weighted by molar-refractivity contribution is 7.89. The second kappa shape index (κ2) is 5.97. The Bertz CT molecular complexity index is 569. The molecule has 0 unspecified atom stereocenters. The van der Waals surface area contributed by atoms with Gasteiger partial charge in [-0.05, 0) is 43.7 Å². The van der Waals surface area contributed by atoms with Gasteiger partial charge in [0.25, 0.3) is 0 Å². The molecule has 1 aromatic rings. The molecule has 0 radical (unpaired) electrons. The van der Waals surface area contributed by atoms with Crippen LogP contribution in [0.2, 0.25) is 5.15 Å². The molecule has 0 aromatic carbocycles. The molecular formula is C13H19ClN2O3S. The van der Waals surface area contributed by atoms with E-state index in [-0.39, 0.29) is 16.7 Å². The van der Waals surface area contributed by atoms with E-state index in [1.54, 1.807) is 0 Å². The fourth-order valence-corrected chi connectivity index (χ4v) is 4.42. The van der Waals surface area contributed by atoms with E-state index in [1.807, 2.05) is 0 Å². The third-order valence-electron chi connectivity index (χ3n) is 3.90. The Labute approximate surface area is 124 Å². The fraction of sp³-hybridized carbons (Fsp3) is 0.615. The molecule has 0 atom stereocenters. The highest BCUT2D eigenvalue weighted by Gasteiger charge is 2.38. The van der Waals surface area contributed by atoms with Gasteiger partial charge in [0, 0.05) is 6.20 Å². The second-order valence-corrected chi connectivity index (χ2v) is 7.53. The van der Waals surface area contributed by atoms with Crippen LogP contribution in [0.4, 0.5) is 0 Å². The molecule has 1 aliphatic rings. The van der Waals surface area contributed by atoms with Crippen LogP contribution in [-0.4, -0.2) is 30.7 Å². The van der Waals surface area contributed by atoms with Crippen molar-refractivity contribution in [1.82, 2.24) is 9.71 Å². The Kier molecular flexibility index (Phi) is 4.69. The minimum absolute atomic E-state index is 0.0480. The number of aliphatic hydroxyl groups excluding tert-OH is 1. The lowest BCUT2D eigenvalue weighted by Crippen LogP contribution is -2.53. The largest absolute Gasteiger partial charge is 0.394 e. The quantitative estimate of drug-likeness (QED) is 0.832. The van der Waals surface area contributed by atoms with Crippen LogP contribution in [0.15, 0.2) is 23.2 Å². The normalized spacial score (nSPS) is 27.4. The predicted octanol–water partition coefficient (Wildman–Crippen LogP) is 1.95. The summed E-state index contributed by atoms with van der Waals surface area (Å²) in [5.41, 5.74) is -0.787. The first-order chi connectivity index (χ1) is 9.38. The van der Waals surface area contributed by atoms with Gasteiger partial charge in [0.05, 0.1) is 12.1 Å². The Balaban J connectivity index is 2.25. The summed E-state index contributed by atoms with van der Waals surface area (Å²) in [4.78, 5) is 3.73. The Morgan fingerprint density at radius 1 is 1.50 bits per heavy atom. The van der Waals surface area contributed by atoms with Gasteiger partial charge in [0.1, 0.15) is 10.0 Å². The molecule has 0 aliphatic heterocycles. The second-order valence-electron chi connectivity index (χ2n) is 5.52. The van der Waals surface area contributed by atoms with E-state index in [9.17, 15) is 13.5 Å². The molecule has 2 rings (SSSR count). The van der Waals surface area contributed by atoms with Crippen molar-refractivity contribution in [2.45, 2.75) is 43.0 Å². The van der Waals surface area contributed by atoms with Gasteiger partial charge in [-0.2, -0.15) is 0 Å². The number of hydrogen-bond donors (Lipinski definition) is 2. The van der Waals surface area contributed by atoms with Crippen molar-refractivity contribution in [1.29, 1.82) is 0 Å². The van der Waals surface area contributed by atoms with Crippen LogP contribution < -0.4 is 4.72 Å². The van der Waals surface area contributed by atoms with Crippen molar-refractivity contribution in [2.75, 3.05) is 6.61 Å². The van der Waals surface area contributed by atoms with Crippen LogP contribution >= 0.6 is 11.6 Å². The highest BCUT2D eigenvalue weighted by atomic mass is 35.5. The van der Waals surface area contributed by atoms with Gasteiger partial charge in [-0.15, -0.1) is 0 Å². The van der Waals surface area contributed by atoms with Crippen molar-refractivity contribution in [3.05, 3.63) is 23.5 Å². The molecule has 1 fully saturated rings. The first kappa shape index (κ1) is 15.7. The standard InChI is InChI=1S/C13H19ClN2O3S/c1-10-4-6-13(9-17,7-5-10)16-20(18,19)11-3-2-8-15-12(11)14/h2-3,8,10,16-17H,4-7,9H2,1H3. The fourth-order valence-electron chi connectivity index (χ4n) is 2.52. The topological polar surface area (TPSA) is 79.3 Å². The molecule has 0 saturated heterocycles. The van der Waals surface area contributed by atoms with Gasteiger partial charge in [-0.25, -0.2) is 18.1 Å². The van der Waals surface area contributed by atoms with Crippen molar-refractivity contribution >= 4 is 21.6 Å². The molecule has 1 aliphatic carbocycles. The number of aromatic nitrogens is 1. The number of pyridine rings is 1. The lowest BCUT2D eigenvalue weighted by Gasteiger charge is -2.38. The Morgan fingerprint density at radius 2 is 2.15 bits per heavy atom. The summed E-state index contributed by atoms with van der Waals surface area (Å²) in [6.45, 7) is 1.92. The van der Waals surface area contributed by atoms with Gasteiger partial charge in [-0.3, -0.25) is 0 Å². The third-order valence-corrected chi connectivity index (χ3v) is 5.92. The number of aliphatic hydroxyl groups is 1. The summed E-state index contributed by atoms with van der Waals surface area (Å²) < 4.78 is 27.5. The minimum atomic E-state index is -3.78. The van der Waals surface area contributed by atoms with E-state index < -0.39 is 15.6 Å². The van der Waals surface area contributed by atoms with Crippen LogP contribution in [0.5, 0.6) is 0 Å². The van der Waals surface area contributed by atoms with Crippen molar-refractivity contribution in [3.8, 4) is 0 Å². The van der Waals surface area contributed by atoms with Crippen molar-refractivity contribution < 1.29 is 13.5 Å². The van der Waals surface area contributed by atoms with Crippen LogP contribution in [-0.2, 0) is 10.0 Å². The first-order valence-corrected chi connectivity index (χ1v) is 8.50. The van der Waals surface area contributed by atoms with E-state index in [2.05, 4.69) is 16.6 Å². The van der Waals surface area contributed by atoms with Gasteiger partial charge in [0.2, 0.25) is 10.0 Å². The molecule has 20 heavy (non-hydrogen) atoms. The van der Waals surface area contributed by atoms with E-state index in [0.717, 1.165) is 12.8 Å². The molecule has 1 aromatic heterocycles. The maximum absolute atomic E-state index is 12.4. The average molecular weight is 319 g/mol. The molecule has 0 amide bonds. The van der Waals surface area contributed by atoms with Crippen molar-refractivity contribution in [2.24, 2.45) is 5.92 Å². The van der Waals surface area contributed by atoms with Gasteiger partial charge < -0.3 is 5.11 Å². The molecule has 5 nitrogen and oxygen atoms in total. The molecule has 0 spiro atoms. The van der Waals surface area contributed by atoms with Gasteiger partial charge in [0.15, 0.2) is 0 Å². The summed E-state index contributed by atoms with van der Waals surface area (Å²) >= 11 is 5.85. The number of hydrogen-bond acceptors (Lipinski definition) is 4. The lowest BCUT2D eigenvalue weighted by molar-refractivity contribution is 0.125. The summed E-state index contributed by atoms with van der Waals surface area (Å²) in [6.07, 6.45) is 4.47. The summed E-state index contributed by atoms with van der Waals surface area (Å²) in [7, 11) is -3.78. The molecule has 1 heterocycles. The highest BCUT2D eigenvalue weighted by Crippen LogP contribution is 2.33. The van der Waals surface area contributed by atoms with E-state index in [1.165, 1.54) is 18.3 Å². The van der Waals surface area contributed by atoms with Crippen LogP contribution in [0, 0.1) is 5.92 Å². The zero-order valence-electron chi connectivity index (χ0n) is 11.3. The molecule has 0 bridgehead atoms. The maximum Gasteiger partial charge on any atom is 0.244 e. The van der Waals surface area contributed by atoms with Crippen LogP contribution in [0.3, 0.4) is 0 Å². The summed E-state index contributed by atoms with van der Waals surface area (Å²) in [5, 5.41) is 9.57. The van der Waals surface area contributed by atoms with E-state index in [0.29, 0.717) is 18.8 Å². The molecule has 1 saturated carbocycles. The van der Waals surface area contributed by atoms with Crippen molar-refractivity contribution in [3.63, 3.8) is 0 Å². The van der Waals surface area contributed by atoms with E-state index >= 15 is 0 Å². The molecule has 7 heteroatoms. The first-order valence-electron chi connectivity index (χ1n) is 6.64. The number of nitrogens with one attached hydrogen (secondary N) is 1. The number of halogens is 1. The number of sulfonamides is 1. The molecule has 112 valence electrons. The van der Waals surface area contributed by atoms with Gasteiger partial charge >= 0.3 is 0 Å². The van der Waals surface area contributed by atoms with Crippen LogP contribution in [0.1, 0.15) is 32.6 Å².